The smallest absolute Gasteiger partial charge is 0.119 e. The van der Waals surface area contributed by atoms with Crippen LogP contribution in [0.25, 0.3) is 0 Å². The third-order valence-electron chi connectivity index (χ3n) is 3.68. The highest BCUT2D eigenvalue weighted by atomic mass is 16.5. The molecule has 82 valence electrons. The molecule has 0 atom stereocenters. The van der Waals surface area contributed by atoms with E-state index in [1.54, 1.807) is 6.20 Å². The van der Waals surface area contributed by atoms with Gasteiger partial charge in [0, 0.05) is 6.20 Å². The van der Waals surface area contributed by atoms with Gasteiger partial charge >= 0.3 is 0 Å². The van der Waals surface area contributed by atoms with Crippen molar-refractivity contribution in [1.29, 1.82) is 5.26 Å². The van der Waals surface area contributed by atoms with Gasteiger partial charge in [-0.25, -0.2) is 0 Å². The molecule has 3 rings (SSSR count). The summed E-state index contributed by atoms with van der Waals surface area (Å²) in [6.07, 6.45) is 1.76. The molecule has 3 heterocycles. The fourth-order valence-electron chi connectivity index (χ4n) is 2.38. The maximum Gasteiger partial charge on any atom is 0.119 e. The molecular formula is C12H12N2O2. The zero-order valence-electron chi connectivity index (χ0n) is 8.85. The lowest BCUT2D eigenvalue weighted by atomic mass is 9.59. The van der Waals surface area contributed by atoms with Gasteiger partial charge in [0.15, 0.2) is 0 Å². The summed E-state index contributed by atoms with van der Waals surface area (Å²) in [5, 5.41) is 9.39. The molecule has 1 aromatic heterocycles. The van der Waals surface area contributed by atoms with Gasteiger partial charge in [0.25, 0.3) is 0 Å². The average molecular weight is 216 g/mol. The van der Waals surface area contributed by atoms with E-state index >= 15 is 0 Å². The lowest BCUT2D eigenvalue weighted by Crippen LogP contribution is -2.66. The van der Waals surface area contributed by atoms with Gasteiger partial charge in [-0.15, -0.1) is 0 Å². The standard InChI is InChI=1S/C12H12N2O2/c13-5-11(6-15-7-11)12(8-16-9-12)10-3-1-2-4-14-10/h1-4H,6-9H2. The first-order valence-corrected chi connectivity index (χ1v) is 5.31. The van der Waals surface area contributed by atoms with Crippen LogP contribution < -0.4 is 0 Å². The third kappa shape index (κ3) is 1.02. The molecule has 2 fully saturated rings. The molecular weight excluding hydrogens is 204 g/mol. The number of rotatable bonds is 2. The minimum Gasteiger partial charge on any atom is -0.379 e. The summed E-state index contributed by atoms with van der Waals surface area (Å²) in [5.74, 6) is 0. The molecule has 0 radical (unpaired) electrons. The van der Waals surface area contributed by atoms with Crippen molar-refractivity contribution in [1.82, 2.24) is 4.98 Å². The zero-order chi connectivity index (χ0) is 11.1. The van der Waals surface area contributed by atoms with Gasteiger partial charge in [-0.1, -0.05) is 6.07 Å². The van der Waals surface area contributed by atoms with Crippen LogP contribution in [0.2, 0.25) is 0 Å². The molecule has 4 heteroatoms. The van der Waals surface area contributed by atoms with E-state index < -0.39 is 5.41 Å². The van der Waals surface area contributed by atoms with Crippen LogP contribution in [-0.4, -0.2) is 31.4 Å². The van der Waals surface area contributed by atoms with Gasteiger partial charge < -0.3 is 9.47 Å². The lowest BCUT2D eigenvalue weighted by molar-refractivity contribution is -0.202. The van der Waals surface area contributed by atoms with Crippen molar-refractivity contribution >= 4 is 0 Å². The molecule has 0 bridgehead atoms. The number of nitrogens with zero attached hydrogens (tertiary/aromatic N) is 2. The molecule has 1 aromatic rings. The molecule has 0 unspecified atom stereocenters. The lowest BCUT2D eigenvalue weighted by Gasteiger charge is -2.54. The highest BCUT2D eigenvalue weighted by Crippen LogP contribution is 2.50. The van der Waals surface area contributed by atoms with Crippen molar-refractivity contribution in [2.24, 2.45) is 5.41 Å². The van der Waals surface area contributed by atoms with Gasteiger partial charge in [-0.05, 0) is 12.1 Å². The SMILES string of the molecule is N#CC1(C2(c3ccccn3)COC2)COC1. The van der Waals surface area contributed by atoms with E-state index in [-0.39, 0.29) is 5.41 Å². The number of aromatic nitrogens is 1. The summed E-state index contributed by atoms with van der Waals surface area (Å²) in [7, 11) is 0. The van der Waals surface area contributed by atoms with Crippen molar-refractivity contribution in [3.05, 3.63) is 30.1 Å². The third-order valence-corrected chi connectivity index (χ3v) is 3.68. The fourth-order valence-corrected chi connectivity index (χ4v) is 2.38. The summed E-state index contributed by atoms with van der Waals surface area (Å²) in [4.78, 5) is 4.38. The molecule has 4 nitrogen and oxygen atoms in total. The number of hydrogen-bond acceptors (Lipinski definition) is 4. The first kappa shape index (κ1) is 9.76. The van der Waals surface area contributed by atoms with Gasteiger partial charge in [0.2, 0.25) is 0 Å². The monoisotopic (exact) mass is 216 g/mol. The maximum absolute atomic E-state index is 9.39. The maximum atomic E-state index is 9.39. The Hall–Kier alpha value is -1.44. The van der Waals surface area contributed by atoms with Crippen LogP contribution in [0, 0.1) is 16.7 Å². The Morgan fingerprint density at radius 2 is 1.94 bits per heavy atom. The van der Waals surface area contributed by atoms with Crippen molar-refractivity contribution in [2.45, 2.75) is 5.41 Å². The molecule has 0 N–H and O–H groups in total. The van der Waals surface area contributed by atoms with Crippen LogP contribution in [0.1, 0.15) is 5.69 Å². The largest absolute Gasteiger partial charge is 0.379 e. The van der Waals surface area contributed by atoms with Gasteiger partial charge in [0.05, 0.1) is 43.6 Å². The Labute approximate surface area is 93.8 Å². The predicted molar refractivity (Wildman–Crippen MR) is 55.6 cm³/mol. The summed E-state index contributed by atoms with van der Waals surface area (Å²) < 4.78 is 10.6. The molecule has 2 saturated heterocycles. The van der Waals surface area contributed by atoms with Crippen LogP contribution in [0.4, 0.5) is 0 Å². The topological polar surface area (TPSA) is 55.1 Å². The highest BCUT2D eigenvalue weighted by molar-refractivity contribution is 5.32. The molecule has 0 aliphatic carbocycles. The zero-order valence-corrected chi connectivity index (χ0v) is 8.85. The normalized spacial score (nSPS) is 24.9. The first-order chi connectivity index (χ1) is 7.83. The Kier molecular flexibility index (Phi) is 2.00. The molecule has 0 aromatic carbocycles. The van der Waals surface area contributed by atoms with Gasteiger partial charge in [0.1, 0.15) is 5.41 Å². The van der Waals surface area contributed by atoms with Crippen molar-refractivity contribution in [3.63, 3.8) is 0 Å². The quantitative estimate of drug-likeness (QED) is 0.736. The summed E-state index contributed by atoms with van der Waals surface area (Å²) >= 11 is 0. The Balaban J connectivity index is 2.04. The molecule has 0 saturated carbocycles. The fraction of sp³-hybridized carbons (Fsp3) is 0.500. The van der Waals surface area contributed by atoms with Crippen LogP contribution in [0.3, 0.4) is 0 Å². The molecule has 0 amide bonds. The minimum absolute atomic E-state index is 0.263. The number of ether oxygens (including phenoxy) is 2. The van der Waals surface area contributed by atoms with E-state index in [1.165, 1.54) is 0 Å². The van der Waals surface area contributed by atoms with E-state index in [9.17, 15) is 5.26 Å². The Morgan fingerprint density at radius 3 is 2.31 bits per heavy atom. The number of hydrogen-bond donors (Lipinski definition) is 0. The second kappa shape index (κ2) is 3.27. The van der Waals surface area contributed by atoms with E-state index in [0.29, 0.717) is 26.4 Å². The molecule has 0 spiro atoms. The Bertz CT molecular complexity index is 430. The van der Waals surface area contributed by atoms with Crippen molar-refractivity contribution in [3.8, 4) is 6.07 Å². The summed E-state index contributed by atoms with van der Waals surface area (Å²) in [6, 6.07) is 8.22. The summed E-state index contributed by atoms with van der Waals surface area (Å²) in [5.41, 5.74) is 0.243. The summed E-state index contributed by atoms with van der Waals surface area (Å²) in [6.45, 7) is 2.12. The van der Waals surface area contributed by atoms with Gasteiger partial charge in [-0.3, -0.25) is 4.98 Å². The first-order valence-electron chi connectivity index (χ1n) is 5.31. The molecule has 2 aliphatic heterocycles. The highest BCUT2D eigenvalue weighted by Gasteiger charge is 2.62. The van der Waals surface area contributed by atoms with E-state index in [0.717, 1.165) is 5.69 Å². The minimum atomic E-state index is -0.445. The predicted octanol–water partition coefficient (Wildman–Crippen LogP) is 0.890. The Morgan fingerprint density at radius 1 is 1.19 bits per heavy atom. The van der Waals surface area contributed by atoms with Crippen LogP contribution in [-0.2, 0) is 14.9 Å². The molecule has 2 aliphatic rings. The number of pyridine rings is 1. The second-order valence-corrected chi connectivity index (χ2v) is 4.48. The second-order valence-electron chi connectivity index (χ2n) is 4.48. The molecule has 16 heavy (non-hydrogen) atoms. The van der Waals surface area contributed by atoms with E-state index in [2.05, 4.69) is 11.1 Å². The van der Waals surface area contributed by atoms with Crippen molar-refractivity contribution in [2.75, 3.05) is 26.4 Å². The van der Waals surface area contributed by atoms with E-state index in [4.69, 9.17) is 9.47 Å². The van der Waals surface area contributed by atoms with Gasteiger partial charge in [-0.2, -0.15) is 5.26 Å². The van der Waals surface area contributed by atoms with E-state index in [1.807, 2.05) is 18.2 Å². The average Bonchev–Trinajstić information content (AvgIpc) is 2.22. The van der Waals surface area contributed by atoms with Crippen LogP contribution in [0.15, 0.2) is 24.4 Å². The van der Waals surface area contributed by atoms with Crippen LogP contribution >= 0.6 is 0 Å². The number of nitriles is 1. The van der Waals surface area contributed by atoms with Crippen molar-refractivity contribution < 1.29 is 9.47 Å². The van der Waals surface area contributed by atoms with Crippen LogP contribution in [0.5, 0.6) is 0 Å².